The molecule has 3 aliphatic rings. The highest BCUT2D eigenvalue weighted by Gasteiger charge is 2.48. The van der Waals surface area contributed by atoms with E-state index in [4.69, 9.17) is 4.18 Å². The molecule has 3 fully saturated rings. The van der Waals surface area contributed by atoms with Gasteiger partial charge in [-0.25, -0.2) is 4.21 Å². The lowest BCUT2D eigenvalue weighted by atomic mass is 9.84. The van der Waals surface area contributed by atoms with Crippen LogP contribution in [-0.4, -0.2) is 40.7 Å². The molecule has 7 atom stereocenters. The number of piperidine rings is 2. The molecule has 0 aliphatic carbocycles. The van der Waals surface area contributed by atoms with Crippen LogP contribution in [0, 0.1) is 11.8 Å². The van der Waals surface area contributed by atoms with Gasteiger partial charge in [-0.05, 0) is 37.8 Å². The van der Waals surface area contributed by atoms with Crippen LogP contribution in [0.3, 0.4) is 0 Å². The highest BCUT2D eigenvalue weighted by atomic mass is 32.2. The van der Waals surface area contributed by atoms with Gasteiger partial charge >= 0.3 is 0 Å². The summed E-state index contributed by atoms with van der Waals surface area (Å²) in [5, 5.41) is 7.33. The molecule has 17 heavy (non-hydrogen) atoms. The molecule has 2 N–H and O–H groups in total. The average molecular weight is 258 g/mol. The van der Waals surface area contributed by atoms with Crippen molar-refractivity contribution in [2.75, 3.05) is 13.1 Å². The van der Waals surface area contributed by atoms with E-state index in [1.165, 1.54) is 0 Å². The third-order valence-corrected chi connectivity index (χ3v) is 5.74. The van der Waals surface area contributed by atoms with Crippen molar-refractivity contribution in [2.24, 2.45) is 11.8 Å². The molecule has 0 amide bonds. The molecule has 0 aromatic rings. The second-order valence-electron chi connectivity index (χ2n) is 5.98. The lowest BCUT2D eigenvalue weighted by molar-refractivity contribution is 0.0584. The quantitative estimate of drug-likeness (QED) is 0.661. The van der Waals surface area contributed by atoms with E-state index < -0.39 is 11.1 Å². The van der Waals surface area contributed by atoms with Crippen LogP contribution in [0.25, 0.3) is 0 Å². The minimum absolute atomic E-state index is 0.127. The van der Waals surface area contributed by atoms with Crippen molar-refractivity contribution in [3.8, 4) is 0 Å². The summed E-state index contributed by atoms with van der Waals surface area (Å²) in [7, 11) is 0. The zero-order valence-corrected chi connectivity index (χ0v) is 11.3. The van der Waals surface area contributed by atoms with Gasteiger partial charge in [0, 0.05) is 6.04 Å². The van der Waals surface area contributed by atoms with E-state index in [9.17, 15) is 4.21 Å². The van der Waals surface area contributed by atoms with Crippen LogP contribution in [0.4, 0.5) is 0 Å². The van der Waals surface area contributed by atoms with E-state index in [0.29, 0.717) is 23.9 Å². The van der Waals surface area contributed by atoms with Crippen LogP contribution in [0.5, 0.6) is 0 Å². The van der Waals surface area contributed by atoms with Gasteiger partial charge in [0.2, 0.25) is 0 Å². The summed E-state index contributed by atoms with van der Waals surface area (Å²) in [5.74, 6) is 1.22. The highest BCUT2D eigenvalue weighted by Crippen LogP contribution is 2.33. The Bertz CT molecular complexity index is 326. The predicted molar refractivity (Wildman–Crippen MR) is 67.9 cm³/mol. The van der Waals surface area contributed by atoms with Crippen molar-refractivity contribution in [3.63, 3.8) is 0 Å². The molecule has 3 heterocycles. The topological polar surface area (TPSA) is 50.4 Å². The van der Waals surface area contributed by atoms with E-state index in [1.807, 2.05) is 0 Å². The average Bonchev–Trinajstić information content (AvgIpc) is 2.29. The van der Waals surface area contributed by atoms with Gasteiger partial charge in [0.15, 0.2) is 11.1 Å². The lowest BCUT2D eigenvalue weighted by Crippen LogP contribution is -2.69. The maximum Gasteiger partial charge on any atom is 0.160 e. The zero-order valence-electron chi connectivity index (χ0n) is 10.5. The highest BCUT2D eigenvalue weighted by molar-refractivity contribution is 7.81. The van der Waals surface area contributed by atoms with Crippen molar-refractivity contribution in [3.05, 3.63) is 0 Å². The van der Waals surface area contributed by atoms with E-state index in [0.717, 1.165) is 25.9 Å². The van der Waals surface area contributed by atoms with E-state index in [-0.39, 0.29) is 11.4 Å². The maximum atomic E-state index is 12.2. The van der Waals surface area contributed by atoms with Crippen molar-refractivity contribution in [1.82, 2.24) is 10.6 Å². The fraction of sp³-hybridized carbons (Fsp3) is 1.00. The summed E-state index contributed by atoms with van der Waals surface area (Å²) in [5.41, 5.74) is 0. The van der Waals surface area contributed by atoms with Crippen LogP contribution in [-0.2, 0) is 15.3 Å². The molecule has 0 radical (unpaired) electrons. The molecule has 3 saturated heterocycles. The summed E-state index contributed by atoms with van der Waals surface area (Å²) >= 11 is -1.11. The second-order valence-corrected chi connectivity index (χ2v) is 7.30. The molecule has 0 aromatic carbocycles. The monoisotopic (exact) mass is 258 g/mol. The van der Waals surface area contributed by atoms with Crippen molar-refractivity contribution in [2.45, 2.75) is 50.1 Å². The number of hydrogen-bond donors (Lipinski definition) is 2. The summed E-state index contributed by atoms with van der Waals surface area (Å²) in [4.78, 5) is 0. The molecule has 0 spiro atoms. The molecule has 3 rings (SSSR count). The Morgan fingerprint density at radius 1 is 1.06 bits per heavy atom. The van der Waals surface area contributed by atoms with Gasteiger partial charge in [-0.1, -0.05) is 13.8 Å². The molecule has 5 heteroatoms. The second kappa shape index (κ2) is 4.61. The van der Waals surface area contributed by atoms with Crippen molar-refractivity contribution < 1.29 is 8.39 Å². The van der Waals surface area contributed by atoms with Gasteiger partial charge in [-0.3, -0.25) is 4.18 Å². The van der Waals surface area contributed by atoms with Crippen LogP contribution < -0.4 is 10.6 Å². The van der Waals surface area contributed by atoms with Gasteiger partial charge in [0.05, 0.1) is 17.4 Å². The van der Waals surface area contributed by atoms with Crippen LogP contribution in [0.1, 0.15) is 26.7 Å². The summed E-state index contributed by atoms with van der Waals surface area (Å²) in [6.07, 6.45) is 2.18. The smallest absolute Gasteiger partial charge is 0.160 e. The first-order chi connectivity index (χ1) is 8.15. The van der Waals surface area contributed by atoms with Crippen molar-refractivity contribution >= 4 is 11.1 Å². The standard InChI is InChI=1S/C12H22N2O2S/c1-7-3-9-11(13-5-7)12-10(17(15)16-9)4-8(2)6-14-12/h7-14H,3-6H2,1-2H3. The number of hydrogen-bond acceptors (Lipinski definition) is 4. The minimum Gasteiger partial charge on any atom is -0.311 e. The summed E-state index contributed by atoms with van der Waals surface area (Å²) in [6.45, 7) is 6.53. The molecule has 7 unspecified atom stereocenters. The molecule has 98 valence electrons. The molecule has 0 bridgehead atoms. The number of rotatable bonds is 0. The molecule has 4 nitrogen and oxygen atoms in total. The van der Waals surface area contributed by atoms with E-state index in [1.54, 1.807) is 0 Å². The van der Waals surface area contributed by atoms with Gasteiger partial charge in [-0.15, -0.1) is 0 Å². The summed E-state index contributed by atoms with van der Waals surface area (Å²) < 4.78 is 17.9. The summed E-state index contributed by atoms with van der Waals surface area (Å²) in [6, 6.07) is 0.680. The van der Waals surface area contributed by atoms with Gasteiger partial charge in [-0.2, -0.15) is 0 Å². The molecule has 3 aliphatic heterocycles. The Hall–Kier alpha value is 0.0300. The number of nitrogens with one attached hydrogen (secondary N) is 2. The van der Waals surface area contributed by atoms with Crippen LogP contribution in [0.15, 0.2) is 0 Å². The number of fused-ring (bicyclic) bond motifs is 3. The molecule has 0 aromatic heterocycles. The zero-order chi connectivity index (χ0) is 12.0. The first-order valence-corrected chi connectivity index (χ1v) is 7.83. The fourth-order valence-electron chi connectivity index (χ4n) is 3.40. The fourth-order valence-corrected chi connectivity index (χ4v) is 4.97. The Balaban J connectivity index is 1.79. The largest absolute Gasteiger partial charge is 0.311 e. The Morgan fingerprint density at radius 3 is 2.47 bits per heavy atom. The molecular weight excluding hydrogens is 236 g/mol. The van der Waals surface area contributed by atoms with Crippen LogP contribution >= 0.6 is 0 Å². The van der Waals surface area contributed by atoms with Crippen molar-refractivity contribution in [1.29, 1.82) is 0 Å². The van der Waals surface area contributed by atoms with E-state index >= 15 is 0 Å². The minimum atomic E-state index is -1.11. The predicted octanol–water partition coefficient (Wildman–Crippen LogP) is 0.414. The lowest BCUT2D eigenvalue weighted by Gasteiger charge is -2.49. The normalized spacial score (nSPS) is 54.8. The SMILES string of the molecule is CC1CNC2C(C1)OS(=O)C1CC(C)CNC21. The first kappa shape index (κ1) is 12.1. The third kappa shape index (κ3) is 2.18. The van der Waals surface area contributed by atoms with Crippen LogP contribution in [0.2, 0.25) is 0 Å². The Kier molecular flexibility index (Phi) is 3.28. The van der Waals surface area contributed by atoms with Gasteiger partial charge in [0.25, 0.3) is 0 Å². The van der Waals surface area contributed by atoms with Gasteiger partial charge in [0.1, 0.15) is 0 Å². The maximum absolute atomic E-state index is 12.2. The van der Waals surface area contributed by atoms with E-state index in [2.05, 4.69) is 24.5 Å². The van der Waals surface area contributed by atoms with Gasteiger partial charge < -0.3 is 10.6 Å². The molecule has 0 saturated carbocycles. The molecular formula is C12H22N2O2S. The Morgan fingerprint density at radius 2 is 1.71 bits per heavy atom. The first-order valence-electron chi connectivity index (χ1n) is 6.69. The Labute approximate surface area is 106 Å². The third-order valence-electron chi connectivity index (χ3n) is 4.33.